The number of nitrogens with one attached hydrogen (secondary N) is 1. The summed E-state index contributed by atoms with van der Waals surface area (Å²) in [4.78, 5) is 13.4. The number of aromatic nitrogens is 5. The number of carbonyl (C=O) groups is 1. The van der Waals surface area contributed by atoms with Crippen LogP contribution in [0.1, 0.15) is 21.9 Å². The maximum absolute atomic E-state index is 14.4. The highest BCUT2D eigenvalue weighted by molar-refractivity contribution is 6.06. The summed E-state index contributed by atoms with van der Waals surface area (Å²) in [5, 5.41) is 15.4. The Morgan fingerprint density at radius 3 is 2.62 bits per heavy atom. The van der Waals surface area contributed by atoms with Gasteiger partial charge in [-0.2, -0.15) is 4.68 Å². The number of methoxy groups -OCH3 is 1. The summed E-state index contributed by atoms with van der Waals surface area (Å²) in [5.74, 6) is 0.495. The van der Waals surface area contributed by atoms with Crippen molar-refractivity contribution in [2.45, 2.75) is 13.5 Å². The maximum atomic E-state index is 14.4. The van der Waals surface area contributed by atoms with E-state index in [0.717, 1.165) is 10.9 Å². The molecule has 1 N–H and O–H groups in total. The van der Waals surface area contributed by atoms with Crippen LogP contribution in [0, 0.1) is 12.7 Å². The van der Waals surface area contributed by atoms with Crippen molar-refractivity contribution in [1.29, 1.82) is 0 Å². The molecule has 0 aliphatic carbocycles. The zero-order valence-electron chi connectivity index (χ0n) is 18.6. The molecule has 0 saturated carbocycles. The quantitative estimate of drug-likeness (QED) is 0.410. The number of fused-ring (bicyclic) bond motifs is 1. The molecule has 170 valence electrons. The second-order valence-corrected chi connectivity index (χ2v) is 7.74. The smallest absolute Gasteiger partial charge is 0.272 e. The van der Waals surface area contributed by atoms with Crippen molar-refractivity contribution in [2.75, 3.05) is 12.4 Å². The predicted octanol–water partition coefficient (Wildman–Crippen LogP) is 4.37. The first-order valence-corrected chi connectivity index (χ1v) is 10.6. The fraction of sp³-hybridized carbons (Fsp3) is 0.120. The minimum Gasteiger partial charge on any atom is -0.494 e. The molecule has 0 fully saturated rings. The Hall–Kier alpha value is -4.53. The maximum Gasteiger partial charge on any atom is 0.272 e. The van der Waals surface area contributed by atoms with Gasteiger partial charge in [-0.3, -0.25) is 4.79 Å². The Bertz CT molecular complexity index is 1510. The van der Waals surface area contributed by atoms with Crippen LogP contribution in [0.4, 0.5) is 10.1 Å². The Balaban J connectivity index is 1.52. The van der Waals surface area contributed by atoms with E-state index in [2.05, 4.69) is 20.8 Å². The van der Waals surface area contributed by atoms with Gasteiger partial charge >= 0.3 is 0 Å². The van der Waals surface area contributed by atoms with Crippen molar-refractivity contribution < 1.29 is 13.9 Å². The fourth-order valence-electron chi connectivity index (χ4n) is 3.95. The van der Waals surface area contributed by atoms with Crippen LogP contribution >= 0.6 is 0 Å². The summed E-state index contributed by atoms with van der Waals surface area (Å²) < 4.78 is 23.2. The lowest BCUT2D eigenvalue weighted by Crippen LogP contribution is -2.18. The molecule has 9 heteroatoms. The lowest BCUT2D eigenvalue weighted by atomic mass is 10.2. The highest BCUT2D eigenvalue weighted by atomic mass is 19.1. The molecule has 0 aliphatic heterocycles. The molecule has 5 rings (SSSR count). The normalized spacial score (nSPS) is 11.0. The molecule has 0 radical (unpaired) electrons. The van der Waals surface area contributed by atoms with E-state index in [1.165, 1.54) is 10.7 Å². The number of amides is 1. The number of aryl methyl sites for hydroxylation is 1. The zero-order chi connectivity index (χ0) is 23.7. The summed E-state index contributed by atoms with van der Waals surface area (Å²) in [5.41, 5.74) is 2.89. The van der Waals surface area contributed by atoms with E-state index in [9.17, 15) is 9.18 Å². The average molecular weight is 456 g/mol. The van der Waals surface area contributed by atoms with Gasteiger partial charge in [0.05, 0.1) is 13.7 Å². The molecule has 5 aromatic rings. The van der Waals surface area contributed by atoms with Gasteiger partial charge in [-0.1, -0.05) is 36.4 Å². The van der Waals surface area contributed by atoms with E-state index in [4.69, 9.17) is 4.74 Å². The van der Waals surface area contributed by atoms with Gasteiger partial charge in [-0.05, 0) is 53.7 Å². The summed E-state index contributed by atoms with van der Waals surface area (Å²) in [6.45, 7) is 1.99. The zero-order valence-corrected chi connectivity index (χ0v) is 18.6. The van der Waals surface area contributed by atoms with Gasteiger partial charge in [0.15, 0.2) is 5.82 Å². The molecule has 0 aliphatic rings. The highest BCUT2D eigenvalue weighted by Crippen LogP contribution is 2.28. The molecule has 2 aromatic heterocycles. The summed E-state index contributed by atoms with van der Waals surface area (Å²) in [7, 11) is 1.55. The summed E-state index contributed by atoms with van der Waals surface area (Å²) >= 11 is 0. The van der Waals surface area contributed by atoms with Gasteiger partial charge in [-0.15, -0.1) is 5.10 Å². The number of hydrogen-bond acceptors (Lipinski definition) is 5. The van der Waals surface area contributed by atoms with Crippen LogP contribution in [-0.2, 0) is 6.54 Å². The second kappa shape index (κ2) is 8.78. The number of hydrogen-bond donors (Lipinski definition) is 1. The van der Waals surface area contributed by atoms with Crippen LogP contribution in [0.2, 0.25) is 0 Å². The topological polar surface area (TPSA) is 86.9 Å². The van der Waals surface area contributed by atoms with Crippen molar-refractivity contribution >= 4 is 22.5 Å². The number of ether oxygens (including phenoxy) is 1. The third-order valence-corrected chi connectivity index (χ3v) is 5.62. The molecular weight excluding hydrogens is 435 g/mol. The first kappa shape index (κ1) is 21.3. The Morgan fingerprint density at radius 2 is 1.85 bits per heavy atom. The molecule has 0 spiro atoms. The van der Waals surface area contributed by atoms with E-state index in [1.807, 2.05) is 28.8 Å². The van der Waals surface area contributed by atoms with E-state index < -0.39 is 0 Å². The monoisotopic (exact) mass is 456 g/mol. The van der Waals surface area contributed by atoms with Crippen molar-refractivity contribution in [3.05, 3.63) is 95.7 Å². The minimum absolute atomic E-state index is 0.223. The van der Waals surface area contributed by atoms with Crippen LogP contribution in [0.25, 0.3) is 16.6 Å². The molecule has 2 heterocycles. The SMILES string of the molecule is COc1ccc(NC(=O)c2cc3ccccc3n2Cc2ccccc2F)cc1-n1nnnc1C. The number of para-hydroxylation sites is 1. The first-order chi connectivity index (χ1) is 16.5. The summed E-state index contributed by atoms with van der Waals surface area (Å²) in [6.07, 6.45) is 0. The minimum atomic E-state index is -0.322. The second-order valence-electron chi connectivity index (χ2n) is 7.74. The van der Waals surface area contributed by atoms with Crippen LogP contribution < -0.4 is 10.1 Å². The molecule has 3 aromatic carbocycles. The molecule has 8 nitrogen and oxygen atoms in total. The molecule has 34 heavy (non-hydrogen) atoms. The van der Waals surface area contributed by atoms with E-state index in [1.54, 1.807) is 56.5 Å². The van der Waals surface area contributed by atoms with Gasteiger partial charge in [0.2, 0.25) is 0 Å². The molecule has 0 atom stereocenters. The fourth-order valence-corrected chi connectivity index (χ4v) is 3.95. The lowest BCUT2D eigenvalue weighted by molar-refractivity contribution is 0.101. The predicted molar refractivity (Wildman–Crippen MR) is 126 cm³/mol. The number of anilines is 1. The lowest BCUT2D eigenvalue weighted by Gasteiger charge is -2.14. The van der Waals surface area contributed by atoms with Crippen LogP contribution in [0.15, 0.2) is 72.8 Å². The Morgan fingerprint density at radius 1 is 1.06 bits per heavy atom. The van der Waals surface area contributed by atoms with Gasteiger partial charge in [0.1, 0.15) is 22.9 Å². The van der Waals surface area contributed by atoms with Crippen LogP contribution in [0.5, 0.6) is 5.75 Å². The van der Waals surface area contributed by atoms with Crippen molar-refractivity contribution in [1.82, 2.24) is 24.8 Å². The highest BCUT2D eigenvalue weighted by Gasteiger charge is 2.18. The van der Waals surface area contributed by atoms with Crippen LogP contribution in [0.3, 0.4) is 0 Å². The van der Waals surface area contributed by atoms with Gasteiger partial charge in [-0.25, -0.2) is 4.39 Å². The van der Waals surface area contributed by atoms with E-state index >= 15 is 0 Å². The first-order valence-electron chi connectivity index (χ1n) is 10.6. The van der Waals surface area contributed by atoms with Gasteiger partial charge in [0, 0.05) is 22.2 Å². The molecule has 0 bridgehead atoms. The van der Waals surface area contributed by atoms with Crippen molar-refractivity contribution in [3.63, 3.8) is 0 Å². The molecular formula is C25H21FN6O2. The number of carbonyl (C=O) groups excluding carboxylic acids is 1. The number of rotatable bonds is 6. The third kappa shape index (κ3) is 3.88. The third-order valence-electron chi connectivity index (χ3n) is 5.62. The Kier molecular flexibility index (Phi) is 5.51. The van der Waals surface area contributed by atoms with Gasteiger partial charge in [0.25, 0.3) is 5.91 Å². The largest absolute Gasteiger partial charge is 0.494 e. The number of tetrazole rings is 1. The standard InChI is InChI=1S/C25H21FN6O2/c1-16-28-29-30-32(16)22-14-19(11-12-24(22)34-2)27-25(33)23-13-17-7-4-6-10-21(17)31(23)15-18-8-3-5-9-20(18)26/h3-14H,15H2,1-2H3,(H,27,33). The van der Waals surface area contributed by atoms with Crippen molar-refractivity contribution in [3.8, 4) is 11.4 Å². The van der Waals surface area contributed by atoms with E-state index in [0.29, 0.717) is 34.2 Å². The average Bonchev–Trinajstić information content (AvgIpc) is 3.44. The number of nitrogens with zero attached hydrogens (tertiary/aromatic N) is 5. The molecule has 0 unspecified atom stereocenters. The summed E-state index contributed by atoms with van der Waals surface area (Å²) in [6, 6.07) is 21.2. The van der Waals surface area contributed by atoms with Crippen LogP contribution in [-0.4, -0.2) is 37.8 Å². The van der Waals surface area contributed by atoms with Crippen molar-refractivity contribution in [2.24, 2.45) is 0 Å². The molecule has 0 saturated heterocycles. The Labute approximate surface area is 194 Å². The number of halogens is 1. The molecule has 1 amide bonds. The van der Waals surface area contributed by atoms with Gasteiger partial charge < -0.3 is 14.6 Å². The van der Waals surface area contributed by atoms with E-state index in [-0.39, 0.29) is 18.3 Å². The number of benzene rings is 3.